The van der Waals surface area contributed by atoms with Gasteiger partial charge in [0, 0.05) is 23.7 Å². The van der Waals surface area contributed by atoms with Gasteiger partial charge >= 0.3 is 0 Å². The molecule has 0 aliphatic carbocycles. The van der Waals surface area contributed by atoms with Gasteiger partial charge in [-0.1, -0.05) is 48.5 Å². The van der Waals surface area contributed by atoms with Crippen LogP contribution in [0.5, 0.6) is 0 Å². The molecule has 0 atom stereocenters. The molecule has 3 rings (SSSR count). The van der Waals surface area contributed by atoms with Crippen molar-refractivity contribution in [2.45, 2.75) is 13.5 Å². The zero-order valence-electron chi connectivity index (χ0n) is 14.0. The van der Waals surface area contributed by atoms with E-state index >= 15 is 0 Å². The highest BCUT2D eigenvalue weighted by Gasteiger charge is 2.08. The van der Waals surface area contributed by atoms with Gasteiger partial charge in [-0.15, -0.1) is 0 Å². The van der Waals surface area contributed by atoms with Crippen LogP contribution in [-0.2, 0) is 6.54 Å². The van der Waals surface area contributed by atoms with Gasteiger partial charge in [-0.3, -0.25) is 9.59 Å². The first-order valence-corrected chi connectivity index (χ1v) is 8.12. The third-order valence-electron chi connectivity index (χ3n) is 3.94. The molecule has 0 unspecified atom stereocenters. The van der Waals surface area contributed by atoms with E-state index in [1.54, 1.807) is 12.1 Å². The smallest absolute Gasteiger partial charge is 0.266 e. The fourth-order valence-corrected chi connectivity index (χ4v) is 2.57. The number of aromatic nitrogens is 2. The number of amides is 1. The molecule has 3 aromatic rings. The number of nitrogens with zero attached hydrogens (tertiary/aromatic N) is 2. The Balaban J connectivity index is 1.68. The molecule has 0 fully saturated rings. The van der Waals surface area contributed by atoms with Gasteiger partial charge in [0.25, 0.3) is 11.5 Å². The first-order valence-electron chi connectivity index (χ1n) is 8.12. The molecule has 2 aromatic carbocycles. The van der Waals surface area contributed by atoms with E-state index in [2.05, 4.69) is 10.4 Å². The Kier molecular flexibility index (Phi) is 5.04. The van der Waals surface area contributed by atoms with Gasteiger partial charge in [0.05, 0.1) is 12.2 Å². The molecule has 1 heterocycles. The zero-order chi connectivity index (χ0) is 17.6. The van der Waals surface area contributed by atoms with Crippen molar-refractivity contribution in [1.82, 2.24) is 15.1 Å². The van der Waals surface area contributed by atoms with E-state index in [4.69, 9.17) is 0 Å². The van der Waals surface area contributed by atoms with Gasteiger partial charge in [0.2, 0.25) is 0 Å². The molecule has 126 valence electrons. The fourth-order valence-electron chi connectivity index (χ4n) is 2.57. The Morgan fingerprint density at radius 3 is 2.48 bits per heavy atom. The average Bonchev–Trinajstić information content (AvgIpc) is 2.64. The Bertz CT molecular complexity index is 933. The summed E-state index contributed by atoms with van der Waals surface area (Å²) in [6, 6.07) is 20.3. The maximum atomic E-state index is 12.2. The van der Waals surface area contributed by atoms with E-state index in [0.29, 0.717) is 18.7 Å². The highest BCUT2D eigenvalue weighted by Crippen LogP contribution is 2.13. The molecular formula is C20H19N3O2. The van der Waals surface area contributed by atoms with Crippen molar-refractivity contribution < 1.29 is 4.79 Å². The number of carbonyl (C=O) groups is 1. The van der Waals surface area contributed by atoms with Crippen molar-refractivity contribution in [2.24, 2.45) is 0 Å². The zero-order valence-corrected chi connectivity index (χ0v) is 14.0. The quantitative estimate of drug-likeness (QED) is 0.781. The van der Waals surface area contributed by atoms with E-state index in [0.717, 1.165) is 16.8 Å². The molecule has 1 aromatic heterocycles. The summed E-state index contributed by atoms with van der Waals surface area (Å²) in [5.74, 6) is -0.148. The summed E-state index contributed by atoms with van der Waals surface area (Å²) < 4.78 is 1.38. The number of hydrogen-bond acceptors (Lipinski definition) is 3. The van der Waals surface area contributed by atoms with Crippen LogP contribution in [0.1, 0.15) is 15.9 Å². The Morgan fingerprint density at radius 2 is 1.72 bits per heavy atom. The molecular weight excluding hydrogens is 314 g/mol. The SMILES string of the molecule is Cc1ccccc1C(=O)NCCn1nc(-c2ccccc2)ccc1=O. The van der Waals surface area contributed by atoms with Crippen molar-refractivity contribution >= 4 is 5.91 Å². The summed E-state index contributed by atoms with van der Waals surface area (Å²) in [5.41, 5.74) is 3.04. The second-order valence-corrected chi connectivity index (χ2v) is 5.72. The van der Waals surface area contributed by atoms with Crippen LogP contribution < -0.4 is 10.9 Å². The molecule has 0 spiro atoms. The second-order valence-electron chi connectivity index (χ2n) is 5.72. The number of benzene rings is 2. The van der Waals surface area contributed by atoms with Crippen molar-refractivity contribution in [3.8, 4) is 11.3 Å². The average molecular weight is 333 g/mol. The maximum absolute atomic E-state index is 12.2. The van der Waals surface area contributed by atoms with Crippen molar-refractivity contribution in [3.05, 3.63) is 88.2 Å². The minimum atomic E-state index is -0.190. The largest absolute Gasteiger partial charge is 0.350 e. The fraction of sp³-hybridized carbons (Fsp3) is 0.150. The van der Waals surface area contributed by atoms with Crippen LogP contribution in [0.2, 0.25) is 0 Å². The van der Waals surface area contributed by atoms with E-state index in [1.807, 2.05) is 55.5 Å². The van der Waals surface area contributed by atoms with Crippen molar-refractivity contribution in [2.75, 3.05) is 6.54 Å². The van der Waals surface area contributed by atoms with Gasteiger partial charge in [0.1, 0.15) is 0 Å². The number of nitrogens with one attached hydrogen (secondary N) is 1. The molecule has 0 radical (unpaired) electrons. The predicted octanol–water partition coefficient (Wildman–Crippen LogP) is 2.65. The molecule has 0 aliphatic heterocycles. The minimum absolute atomic E-state index is 0.148. The Morgan fingerprint density at radius 1 is 1.00 bits per heavy atom. The molecule has 0 aliphatic rings. The van der Waals surface area contributed by atoms with Gasteiger partial charge in [0.15, 0.2) is 0 Å². The summed E-state index contributed by atoms with van der Waals surface area (Å²) in [6.07, 6.45) is 0. The van der Waals surface area contributed by atoms with Crippen LogP contribution >= 0.6 is 0 Å². The lowest BCUT2D eigenvalue weighted by molar-refractivity contribution is 0.0951. The summed E-state index contributed by atoms with van der Waals surface area (Å²) >= 11 is 0. The van der Waals surface area contributed by atoms with E-state index in [-0.39, 0.29) is 11.5 Å². The van der Waals surface area contributed by atoms with Gasteiger partial charge in [-0.2, -0.15) is 5.10 Å². The molecule has 1 N–H and O–H groups in total. The summed E-state index contributed by atoms with van der Waals surface area (Å²) in [4.78, 5) is 24.2. The second kappa shape index (κ2) is 7.57. The third kappa shape index (κ3) is 4.01. The normalized spacial score (nSPS) is 10.4. The summed E-state index contributed by atoms with van der Waals surface area (Å²) in [6.45, 7) is 2.54. The first-order chi connectivity index (χ1) is 12.1. The molecule has 0 bridgehead atoms. The topological polar surface area (TPSA) is 64.0 Å². The van der Waals surface area contributed by atoms with Crippen LogP contribution in [0.3, 0.4) is 0 Å². The summed E-state index contributed by atoms with van der Waals surface area (Å²) in [5, 5.41) is 7.22. The van der Waals surface area contributed by atoms with Crippen molar-refractivity contribution in [3.63, 3.8) is 0 Å². The Labute approximate surface area is 145 Å². The van der Waals surface area contributed by atoms with Crippen LogP contribution in [0, 0.1) is 6.92 Å². The highest BCUT2D eigenvalue weighted by atomic mass is 16.2. The number of carbonyl (C=O) groups excluding carboxylic acids is 1. The lowest BCUT2D eigenvalue weighted by Gasteiger charge is -2.09. The molecule has 25 heavy (non-hydrogen) atoms. The highest BCUT2D eigenvalue weighted by molar-refractivity contribution is 5.95. The molecule has 0 saturated heterocycles. The standard InChI is InChI=1S/C20H19N3O2/c1-15-7-5-6-10-17(15)20(25)21-13-14-23-19(24)12-11-18(22-23)16-8-3-2-4-9-16/h2-12H,13-14H2,1H3,(H,21,25). The van der Waals surface area contributed by atoms with Gasteiger partial charge in [-0.05, 0) is 24.6 Å². The van der Waals surface area contributed by atoms with Crippen LogP contribution in [0.15, 0.2) is 71.5 Å². The third-order valence-corrected chi connectivity index (χ3v) is 3.94. The van der Waals surface area contributed by atoms with Crippen LogP contribution in [0.4, 0.5) is 0 Å². The first kappa shape index (κ1) is 16.6. The number of hydrogen-bond donors (Lipinski definition) is 1. The Hall–Kier alpha value is -3.21. The maximum Gasteiger partial charge on any atom is 0.266 e. The minimum Gasteiger partial charge on any atom is -0.350 e. The number of rotatable bonds is 5. The molecule has 5 nitrogen and oxygen atoms in total. The van der Waals surface area contributed by atoms with Gasteiger partial charge in [-0.25, -0.2) is 4.68 Å². The molecule has 5 heteroatoms. The van der Waals surface area contributed by atoms with Crippen molar-refractivity contribution in [1.29, 1.82) is 0 Å². The lowest BCUT2D eigenvalue weighted by atomic mass is 10.1. The summed E-state index contributed by atoms with van der Waals surface area (Å²) in [7, 11) is 0. The van der Waals surface area contributed by atoms with Crippen LogP contribution in [-0.4, -0.2) is 22.2 Å². The van der Waals surface area contributed by atoms with E-state index in [1.165, 1.54) is 10.7 Å². The predicted molar refractivity (Wildman–Crippen MR) is 97.4 cm³/mol. The monoisotopic (exact) mass is 333 g/mol. The van der Waals surface area contributed by atoms with Gasteiger partial charge < -0.3 is 5.32 Å². The van der Waals surface area contributed by atoms with E-state index < -0.39 is 0 Å². The molecule has 0 saturated carbocycles. The van der Waals surface area contributed by atoms with Crippen LogP contribution in [0.25, 0.3) is 11.3 Å². The van der Waals surface area contributed by atoms with E-state index in [9.17, 15) is 9.59 Å². The lowest BCUT2D eigenvalue weighted by Crippen LogP contribution is -2.32. The molecule has 1 amide bonds. The number of aryl methyl sites for hydroxylation is 1.